The van der Waals surface area contributed by atoms with E-state index in [2.05, 4.69) is 0 Å². The molecule has 1 aromatic rings. The predicted molar refractivity (Wildman–Crippen MR) is 66.4 cm³/mol. The fraction of sp³-hybridized carbons (Fsp3) is 0.462. The van der Waals surface area contributed by atoms with Gasteiger partial charge in [0.25, 0.3) is 0 Å². The SMILES string of the molecule is CN(CC(F)(F)F)C(=O)[C@@H](N)CCc1ccccc1. The Balaban J connectivity index is 2.44. The second-order valence-electron chi connectivity index (χ2n) is 4.44. The number of hydrogen-bond donors (Lipinski definition) is 1. The van der Waals surface area contributed by atoms with E-state index in [1.54, 1.807) is 0 Å². The number of nitrogens with zero attached hydrogens (tertiary/aromatic N) is 1. The van der Waals surface area contributed by atoms with Crippen molar-refractivity contribution < 1.29 is 18.0 Å². The van der Waals surface area contributed by atoms with Crippen molar-refractivity contribution in [1.82, 2.24) is 4.90 Å². The van der Waals surface area contributed by atoms with Crippen molar-refractivity contribution in [2.24, 2.45) is 5.73 Å². The van der Waals surface area contributed by atoms with Crippen LogP contribution in [0.4, 0.5) is 13.2 Å². The van der Waals surface area contributed by atoms with Crippen molar-refractivity contribution in [2.75, 3.05) is 13.6 Å². The molecule has 0 spiro atoms. The first kappa shape index (κ1) is 15.5. The molecule has 1 aromatic carbocycles. The number of halogens is 3. The number of rotatable bonds is 5. The summed E-state index contributed by atoms with van der Waals surface area (Å²) >= 11 is 0. The molecule has 0 heterocycles. The van der Waals surface area contributed by atoms with Gasteiger partial charge in [0, 0.05) is 7.05 Å². The van der Waals surface area contributed by atoms with Crippen LogP contribution in [0, 0.1) is 0 Å². The summed E-state index contributed by atoms with van der Waals surface area (Å²) in [5, 5.41) is 0. The van der Waals surface area contributed by atoms with E-state index in [0.29, 0.717) is 17.7 Å². The maximum absolute atomic E-state index is 12.1. The van der Waals surface area contributed by atoms with E-state index in [0.717, 1.165) is 12.6 Å². The van der Waals surface area contributed by atoms with Gasteiger partial charge in [-0.3, -0.25) is 4.79 Å². The van der Waals surface area contributed by atoms with Crippen molar-refractivity contribution in [3.05, 3.63) is 35.9 Å². The smallest absolute Gasteiger partial charge is 0.335 e. The first-order chi connectivity index (χ1) is 8.79. The highest BCUT2D eigenvalue weighted by atomic mass is 19.4. The normalized spacial score (nSPS) is 13.1. The lowest BCUT2D eigenvalue weighted by atomic mass is 10.1. The molecular formula is C13H17F3N2O. The predicted octanol–water partition coefficient (Wildman–Crippen LogP) is 1.97. The Morgan fingerprint density at radius 2 is 1.89 bits per heavy atom. The Kier molecular flexibility index (Phi) is 5.35. The number of carbonyl (C=O) groups excluding carboxylic acids is 1. The number of carbonyl (C=O) groups is 1. The van der Waals surface area contributed by atoms with Gasteiger partial charge >= 0.3 is 6.18 Å². The zero-order valence-electron chi connectivity index (χ0n) is 10.7. The van der Waals surface area contributed by atoms with Crippen LogP contribution in [0.2, 0.25) is 0 Å². The molecule has 0 saturated heterocycles. The van der Waals surface area contributed by atoms with Crippen molar-refractivity contribution >= 4 is 5.91 Å². The fourth-order valence-corrected chi connectivity index (χ4v) is 1.72. The summed E-state index contributed by atoms with van der Waals surface area (Å²) in [6.45, 7) is -1.27. The Morgan fingerprint density at radius 1 is 1.32 bits per heavy atom. The topological polar surface area (TPSA) is 46.3 Å². The zero-order valence-corrected chi connectivity index (χ0v) is 10.7. The van der Waals surface area contributed by atoms with Gasteiger partial charge in [-0.2, -0.15) is 13.2 Å². The first-order valence-corrected chi connectivity index (χ1v) is 5.91. The van der Waals surface area contributed by atoms with Crippen molar-refractivity contribution in [1.29, 1.82) is 0 Å². The minimum Gasteiger partial charge on any atom is -0.335 e. The first-order valence-electron chi connectivity index (χ1n) is 5.91. The molecule has 0 aliphatic heterocycles. The summed E-state index contributed by atoms with van der Waals surface area (Å²) in [5.41, 5.74) is 6.63. The van der Waals surface area contributed by atoms with E-state index in [-0.39, 0.29) is 0 Å². The molecule has 106 valence electrons. The summed E-state index contributed by atoms with van der Waals surface area (Å²) in [4.78, 5) is 12.3. The lowest BCUT2D eigenvalue weighted by molar-refractivity contribution is -0.159. The lowest BCUT2D eigenvalue weighted by Gasteiger charge is -2.22. The quantitative estimate of drug-likeness (QED) is 0.892. The monoisotopic (exact) mass is 274 g/mol. The molecule has 2 N–H and O–H groups in total. The Morgan fingerprint density at radius 3 is 2.42 bits per heavy atom. The fourth-order valence-electron chi connectivity index (χ4n) is 1.72. The van der Waals surface area contributed by atoms with Crippen molar-refractivity contribution in [3.63, 3.8) is 0 Å². The molecule has 6 heteroatoms. The number of aryl methyl sites for hydroxylation is 1. The average Bonchev–Trinajstić information content (AvgIpc) is 2.34. The highest BCUT2D eigenvalue weighted by Gasteiger charge is 2.32. The molecule has 19 heavy (non-hydrogen) atoms. The number of benzene rings is 1. The van der Waals surface area contributed by atoms with Gasteiger partial charge < -0.3 is 10.6 Å². The second-order valence-corrected chi connectivity index (χ2v) is 4.44. The summed E-state index contributed by atoms with van der Waals surface area (Å²) in [7, 11) is 1.11. The van der Waals surface area contributed by atoms with Gasteiger partial charge in [0.1, 0.15) is 6.54 Å². The van der Waals surface area contributed by atoms with Crippen LogP contribution in [0.15, 0.2) is 30.3 Å². The number of nitrogens with two attached hydrogens (primary N) is 1. The molecular weight excluding hydrogens is 257 g/mol. The molecule has 1 amide bonds. The van der Waals surface area contributed by atoms with Crippen molar-refractivity contribution in [2.45, 2.75) is 25.1 Å². The molecule has 0 saturated carbocycles. The molecule has 0 bridgehead atoms. The van der Waals surface area contributed by atoms with Crippen LogP contribution < -0.4 is 5.73 Å². The van der Waals surface area contributed by atoms with E-state index >= 15 is 0 Å². The van der Waals surface area contributed by atoms with E-state index in [1.165, 1.54) is 0 Å². The molecule has 0 aliphatic carbocycles. The number of likely N-dealkylation sites (N-methyl/N-ethyl adjacent to an activating group) is 1. The van der Waals surface area contributed by atoms with E-state index in [4.69, 9.17) is 5.73 Å². The van der Waals surface area contributed by atoms with Crippen molar-refractivity contribution in [3.8, 4) is 0 Å². The maximum Gasteiger partial charge on any atom is 0.406 e. The molecule has 3 nitrogen and oxygen atoms in total. The van der Waals surface area contributed by atoms with E-state index in [1.807, 2.05) is 30.3 Å². The Labute approximate surface area is 110 Å². The second kappa shape index (κ2) is 6.56. The van der Waals surface area contributed by atoms with Crippen LogP contribution in [0.3, 0.4) is 0 Å². The summed E-state index contributed by atoms with van der Waals surface area (Å²) in [6.07, 6.45) is -3.51. The van der Waals surface area contributed by atoms with Gasteiger partial charge in [0.15, 0.2) is 0 Å². The highest BCUT2D eigenvalue weighted by Crippen LogP contribution is 2.16. The minimum absolute atomic E-state index is 0.324. The van der Waals surface area contributed by atoms with E-state index in [9.17, 15) is 18.0 Å². The third-order valence-corrected chi connectivity index (χ3v) is 2.70. The highest BCUT2D eigenvalue weighted by molar-refractivity contribution is 5.81. The summed E-state index contributed by atoms with van der Waals surface area (Å²) in [6, 6.07) is 8.45. The standard InChI is InChI=1S/C13H17F3N2O/c1-18(9-13(14,15)16)12(19)11(17)8-7-10-5-3-2-4-6-10/h2-6,11H,7-9,17H2,1H3/t11-/m0/s1. The van der Waals surface area contributed by atoms with E-state index < -0.39 is 24.7 Å². The van der Waals surface area contributed by atoms with Gasteiger partial charge in [-0.1, -0.05) is 30.3 Å². The average molecular weight is 274 g/mol. The summed E-state index contributed by atoms with van der Waals surface area (Å²) in [5.74, 6) is -0.687. The van der Waals surface area contributed by atoms with Gasteiger partial charge in [-0.15, -0.1) is 0 Å². The molecule has 0 aromatic heterocycles. The van der Waals surface area contributed by atoms with Crippen LogP contribution in [0.5, 0.6) is 0 Å². The number of amides is 1. The number of alkyl halides is 3. The third kappa shape index (κ3) is 5.74. The van der Waals surface area contributed by atoms with Crippen LogP contribution in [0.1, 0.15) is 12.0 Å². The molecule has 0 unspecified atom stereocenters. The molecule has 1 atom stereocenters. The van der Waals surface area contributed by atoms with Crippen LogP contribution in [-0.4, -0.2) is 36.6 Å². The maximum atomic E-state index is 12.1. The van der Waals surface area contributed by atoms with Gasteiger partial charge in [-0.25, -0.2) is 0 Å². The van der Waals surface area contributed by atoms with Gasteiger partial charge in [0.2, 0.25) is 5.91 Å². The lowest BCUT2D eigenvalue weighted by Crippen LogP contribution is -2.45. The van der Waals surface area contributed by atoms with Crippen LogP contribution in [0.25, 0.3) is 0 Å². The molecule has 0 radical (unpaired) electrons. The van der Waals surface area contributed by atoms with Crippen LogP contribution >= 0.6 is 0 Å². The number of hydrogen-bond acceptors (Lipinski definition) is 2. The Hall–Kier alpha value is -1.56. The minimum atomic E-state index is -4.40. The van der Waals surface area contributed by atoms with Crippen LogP contribution in [-0.2, 0) is 11.2 Å². The molecule has 0 fully saturated rings. The zero-order chi connectivity index (χ0) is 14.5. The summed E-state index contributed by atoms with van der Waals surface area (Å²) < 4.78 is 36.4. The Bertz CT molecular complexity index is 406. The van der Waals surface area contributed by atoms with Gasteiger partial charge in [0.05, 0.1) is 6.04 Å². The molecule has 0 aliphatic rings. The largest absolute Gasteiger partial charge is 0.406 e. The third-order valence-electron chi connectivity index (χ3n) is 2.70. The van der Waals surface area contributed by atoms with Gasteiger partial charge in [-0.05, 0) is 18.4 Å². The molecule has 1 rings (SSSR count).